The Morgan fingerprint density at radius 2 is 1.15 bits per heavy atom. The minimum atomic E-state index is 0.104. The Kier molecular flexibility index (Phi) is 7.56. The van der Waals surface area contributed by atoms with Gasteiger partial charge in [-0.3, -0.25) is 0 Å². The predicted molar refractivity (Wildman–Crippen MR) is 248 cm³/mol. The first-order valence-corrected chi connectivity index (χ1v) is 21.1. The standard InChI is InChI=1S/C57H44N2/c1-57(2)51-22-12-9-19-45(51)48-36-43(27-28-52(48)57)58-53-23-13-10-20-46(53)49-34-39(25-29-55(49)58)40-26-30-56-50(35-40)47-21-11-14-24-54(47)59(56)44-32-41(37-15-5-3-6-16-37)31-42(33-44)38-17-7-4-8-18-38/h3-25,27-36,40,45,51H,26H2,1-2H3. The number of aromatic nitrogens is 2. The van der Waals surface area contributed by atoms with Crippen LogP contribution in [-0.4, -0.2) is 9.13 Å². The van der Waals surface area contributed by atoms with Crippen LogP contribution in [0.15, 0.2) is 188 Å². The van der Waals surface area contributed by atoms with Crippen molar-refractivity contribution in [2.75, 3.05) is 0 Å². The van der Waals surface area contributed by atoms with Crippen LogP contribution in [0, 0.1) is 5.92 Å². The molecule has 2 aromatic heterocycles. The molecule has 3 unspecified atom stereocenters. The van der Waals surface area contributed by atoms with Crippen LogP contribution < -0.4 is 10.6 Å². The fraction of sp³-hybridized carbons (Fsp3) is 0.123. The van der Waals surface area contributed by atoms with Gasteiger partial charge in [-0.05, 0) is 111 Å². The lowest BCUT2D eigenvalue weighted by molar-refractivity contribution is 0.394. The third-order valence-corrected chi connectivity index (χ3v) is 13.7. The molecule has 9 aromatic rings. The Hall–Kier alpha value is -6.90. The molecule has 2 nitrogen and oxygen atoms in total. The predicted octanol–water partition coefficient (Wildman–Crippen LogP) is 12.9. The summed E-state index contributed by atoms with van der Waals surface area (Å²) >= 11 is 0. The summed E-state index contributed by atoms with van der Waals surface area (Å²) in [4.78, 5) is 0. The van der Waals surface area contributed by atoms with Crippen molar-refractivity contribution in [2.45, 2.75) is 37.5 Å². The van der Waals surface area contributed by atoms with E-state index >= 15 is 0 Å². The second kappa shape index (κ2) is 13.1. The van der Waals surface area contributed by atoms with Gasteiger partial charge in [0.15, 0.2) is 0 Å². The first-order chi connectivity index (χ1) is 29.0. The van der Waals surface area contributed by atoms with E-state index in [9.17, 15) is 0 Å². The number of hydrogen-bond acceptors (Lipinski definition) is 0. The fourth-order valence-corrected chi connectivity index (χ4v) is 10.8. The lowest BCUT2D eigenvalue weighted by Crippen LogP contribution is -2.31. The summed E-state index contributed by atoms with van der Waals surface area (Å²) < 4.78 is 4.99. The molecular formula is C57H44N2. The van der Waals surface area contributed by atoms with E-state index in [0.717, 1.165) is 6.42 Å². The van der Waals surface area contributed by atoms with Gasteiger partial charge in [0, 0.05) is 49.9 Å². The molecule has 2 heterocycles. The molecule has 0 fully saturated rings. The van der Waals surface area contributed by atoms with Gasteiger partial charge in [0.25, 0.3) is 0 Å². The van der Waals surface area contributed by atoms with Crippen LogP contribution in [0.2, 0.25) is 0 Å². The van der Waals surface area contributed by atoms with Gasteiger partial charge in [-0.1, -0.05) is 159 Å². The number of nitrogens with zero attached hydrogens (tertiary/aromatic N) is 2. The molecule has 0 saturated heterocycles. The van der Waals surface area contributed by atoms with Crippen molar-refractivity contribution in [1.29, 1.82) is 0 Å². The molecular weight excluding hydrogens is 713 g/mol. The lowest BCUT2D eigenvalue weighted by Gasteiger charge is -2.29. The number of allylic oxidation sites excluding steroid dienone is 4. The second-order valence-electron chi connectivity index (χ2n) is 17.3. The molecule has 3 aliphatic rings. The van der Waals surface area contributed by atoms with Crippen LogP contribution in [0.1, 0.15) is 48.8 Å². The molecule has 0 aliphatic heterocycles. The molecule has 0 spiro atoms. The van der Waals surface area contributed by atoms with Gasteiger partial charge in [-0.15, -0.1) is 0 Å². The molecule has 0 N–H and O–H groups in total. The van der Waals surface area contributed by atoms with E-state index in [4.69, 9.17) is 0 Å². The van der Waals surface area contributed by atoms with Gasteiger partial charge in [0.1, 0.15) is 0 Å². The zero-order valence-corrected chi connectivity index (χ0v) is 33.4. The normalized spacial score (nSPS) is 18.7. The minimum Gasteiger partial charge on any atom is -0.310 e. The summed E-state index contributed by atoms with van der Waals surface area (Å²) in [7, 11) is 0. The van der Waals surface area contributed by atoms with Crippen LogP contribution in [0.5, 0.6) is 0 Å². The molecule has 12 rings (SSSR count). The van der Waals surface area contributed by atoms with E-state index in [1.165, 1.54) is 93.6 Å². The summed E-state index contributed by atoms with van der Waals surface area (Å²) in [5.41, 5.74) is 15.4. The Morgan fingerprint density at radius 1 is 0.508 bits per heavy atom. The van der Waals surface area contributed by atoms with Gasteiger partial charge in [0.05, 0.1) is 16.6 Å². The number of rotatable bonds is 5. The van der Waals surface area contributed by atoms with Gasteiger partial charge in [0.2, 0.25) is 0 Å². The third-order valence-electron chi connectivity index (χ3n) is 13.7. The lowest BCUT2D eigenvalue weighted by atomic mass is 9.74. The maximum Gasteiger partial charge on any atom is 0.0541 e. The maximum atomic E-state index is 2.54. The highest BCUT2D eigenvalue weighted by Gasteiger charge is 2.44. The number of fused-ring (bicyclic) bond motifs is 9. The Balaban J connectivity index is 0.992. The van der Waals surface area contributed by atoms with Crippen molar-refractivity contribution < 1.29 is 0 Å². The first-order valence-electron chi connectivity index (χ1n) is 21.1. The van der Waals surface area contributed by atoms with Gasteiger partial charge < -0.3 is 9.13 Å². The molecule has 3 atom stereocenters. The monoisotopic (exact) mass is 756 g/mol. The molecule has 282 valence electrons. The van der Waals surface area contributed by atoms with Crippen LogP contribution in [0.4, 0.5) is 0 Å². The smallest absolute Gasteiger partial charge is 0.0541 e. The van der Waals surface area contributed by atoms with Crippen LogP contribution in [0.3, 0.4) is 0 Å². The van der Waals surface area contributed by atoms with E-state index in [-0.39, 0.29) is 11.3 Å². The van der Waals surface area contributed by atoms with Gasteiger partial charge in [-0.2, -0.15) is 0 Å². The van der Waals surface area contributed by atoms with Crippen molar-refractivity contribution in [3.8, 4) is 33.6 Å². The molecule has 0 radical (unpaired) electrons. The number of para-hydroxylation sites is 2. The molecule has 0 bridgehead atoms. The van der Waals surface area contributed by atoms with Crippen molar-refractivity contribution >= 4 is 44.9 Å². The van der Waals surface area contributed by atoms with E-state index in [1.54, 1.807) is 0 Å². The summed E-state index contributed by atoms with van der Waals surface area (Å²) in [5, 5.41) is 6.49. The zero-order chi connectivity index (χ0) is 39.2. The quantitative estimate of drug-likeness (QED) is 0.166. The summed E-state index contributed by atoms with van der Waals surface area (Å²) in [6.07, 6.45) is 15.2. The molecule has 0 saturated carbocycles. The Labute approximate surface area is 345 Å². The van der Waals surface area contributed by atoms with E-state index < -0.39 is 0 Å². The van der Waals surface area contributed by atoms with Crippen molar-refractivity contribution in [2.24, 2.45) is 5.92 Å². The first kappa shape index (κ1) is 34.2. The van der Waals surface area contributed by atoms with Gasteiger partial charge in [-0.25, -0.2) is 0 Å². The maximum absolute atomic E-state index is 2.54. The minimum absolute atomic E-state index is 0.104. The highest BCUT2D eigenvalue weighted by atomic mass is 15.0. The van der Waals surface area contributed by atoms with Crippen molar-refractivity contribution in [3.63, 3.8) is 0 Å². The average Bonchev–Trinajstić information content (AvgIpc) is 3.89. The number of benzene rings is 7. The SMILES string of the molecule is CC1(C)c2ccc(-n3c4ccccc4c4cc(C5C=c6c(n(-c7cc(-c8ccccc8)cc(-c8ccccc8)c7)c7ccccc67)=CC5)ccc43)cc2C2C=CC=CC21. The third kappa shape index (κ3) is 5.26. The molecule has 3 aliphatic carbocycles. The second-order valence-corrected chi connectivity index (χ2v) is 17.3. The van der Waals surface area contributed by atoms with Crippen molar-refractivity contribution in [1.82, 2.24) is 9.13 Å². The van der Waals surface area contributed by atoms with Crippen LogP contribution >= 0.6 is 0 Å². The van der Waals surface area contributed by atoms with E-state index in [0.29, 0.717) is 11.8 Å². The zero-order valence-electron chi connectivity index (χ0n) is 33.4. The summed E-state index contributed by atoms with van der Waals surface area (Å²) in [6.45, 7) is 4.82. The molecule has 0 amide bonds. The van der Waals surface area contributed by atoms with E-state index in [2.05, 4.69) is 223 Å². The average molecular weight is 757 g/mol. The molecule has 2 heteroatoms. The molecule has 59 heavy (non-hydrogen) atoms. The van der Waals surface area contributed by atoms with Crippen molar-refractivity contribution in [3.05, 3.63) is 215 Å². The largest absolute Gasteiger partial charge is 0.310 e. The van der Waals surface area contributed by atoms with Gasteiger partial charge >= 0.3 is 0 Å². The van der Waals surface area contributed by atoms with Crippen LogP contribution in [0.25, 0.3) is 78.5 Å². The topological polar surface area (TPSA) is 9.86 Å². The van der Waals surface area contributed by atoms with E-state index in [1.807, 2.05) is 0 Å². The van der Waals surface area contributed by atoms with Crippen LogP contribution in [-0.2, 0) is 5.41 Å². The summed E-state index contributed by atoms with van der Waals surface area (Å²) in [5.74, 6) is 1.16. The Bertz CT molecular complexity index is 3280. The highest BCUT2D eigenvalue weighted by Crippen LogP contribution is 2.53. The Morgan fingerprint density at radius 3 is 1.90 bits per heavy atom. The fourth-order valence-electron chi connectivity index (χ4n) is 10.8. The highest BCUT2D eigenvalue weighted by molar-refractivity contribution is 6.09. The number of hydrogen-bond donors (Lipinski definition) is 0. The summed E-state index contributed by atoms with van der Waals surface area (Å²) in [6, 6.07) is 61.0. The molecule has 7 aromatic carbocycles.